The lowest BCUT2D eigenvalue weighted by Crippen LogP contribution is -2.36. The molecule has 26 heavy (non-hydrogen) atoms. The fourth-order valence-electron chi connectivity index (χ4n) is 2.77. The highest BCUT2D eigenvalue weighted by Gasteiger charge is 2.14. The second-order valence-corrected chi connectivity index (χ2v) is 6.19. The zero-order valence-corrected chi connectivity index (χ0v) is 15.6. The molecule has 0 heterocycles. The lowest BCUT2D eigenvalue weighted by molar-refractivity contribution is 0.00469. The standard InChI is InChI=1S/C21H29NO4/c1-24-13-12-22(14-19-10-6-7-11-21(19)25-2)15-20(23)17-26-16-18-8-4-3-5-9-18/h3-11,20,23H,12-17H2,1-2H3/t20-/m0/s1. The van der Waals surface area contributed by atoms with Crippen LogP contribution >= 0.6 is 0 Å². The van der Waals surface area contributed by atoms with Gasteiger partial charge in [-0.15, -0.1) is 0 Å². The molecule has 0 aliphatic heterocycles. The van der Waals surface area contributed by atoms with Gasteiger partial charge in [0, 0.05) is 32.3 Å². The van der Waals surface area contributed by atoms with Crippen molar-refractivity contribution in [3.63, 3.8) is 0 Å². The zero-order chi connectivity index (χ0) is 18.6. The number of methoxy groups -OCH3 is 2. The van der Waals surface area contributed by atoms with Gasteiger partial charge in [0.15, 0.2) is 0 Å². The minimum Gasteiger partial charge on any atom is -0.496 e. The maximum absolute atomic E-state index is 10.4. The summed E-state index contributed by atoms with van der Waals surface area (Å²) in [4.78, 5) is 2.15. The summed E-state index contributed by atoms with van der Waals surface area (Å²) in [6.45, 7) is 3.32. The highest BCUT2D eigenvalue weighted by atomic mass is 16.5. The van der Waals surface area contributed by atoms with E-state index in [9.17, 15) is 5.11 Å². The van der Waals surface area contributed by atoms with Crippen LogP contribution in [0.2, 0.25) is 0 Å². The molecule has 2 rings (SSSR count). The summed E-state index contributed by atoms with van der Waals surface area (Å²) in [5, 5.41) is 10.4. The summed E-state index contributed by atoms with van der Waals surface area (Å²) >= 11 is 0. The number of aliphatic hydroxyl groups excluding tert-OH is 1. The first-order chi connectivity index (χ1) is 12.7. The van der Waals surface area contributed by atoms with Gasteiger partial charge in [-0.2, -0.15) is 0 Å². The Morgan fingerprint density at radius 3 is 2.46 bits per heavy atom. The Morgan fingerprint density at radius 2 is 1.73 bits per heavy atom. The third-order valence-corrected chi connectivity index (χ3v) is 4.09. The second kappa shape index (κ2) is 11.6. The Hall–Kier alpha value is -1.92. The van der Waals surface area contributed by atoms with Gasteiger partial charge in [-0.25, -0.2) is 0 Å². The van der Waals surface area contributed by atoms with Crippen LogP contribution in [-0.2, 0) is 22.6 Å². The molecule has 0 radical (unpaired) electrons. The fourth-order valence-corrected chi connectivity index (χ4v) is 2.77. The van der Waals surface area contributed by atoms with Crippen LogP contribution in [0, 0.1) is 0 Å². The van der Waals surface area contributed by atoms with Crippen LogP contribution in [0.1, 0.15) is 11.1 Å². The van der Waals surface area contributed by atoms with Gasteiger partial charge in [0.25, 0.3) is 0 Å². The lowest BCUT2D eigenvalue weighted by Gasteiger charge is -2.25. The molecule has 2 aromatic rings. The molecule has 0 unspecified atom stereocenters. The number of para-hydroxylation sites is 1. The first kappa shape index (κ1) is 20.4. The monoisotopic (exact) mass is 359 g/mol. The highest BCUT2D eigenvalue weighted by Crippen LogP contribution is 2.19. The predicted molar refractivity (Wildman–Crippen MR) is 102 cm³/mol. The Kier molecular flexibility index (Phi) is 9.14. The topological polar surface area (TPSA) is 51.2 Å². The van der Waals surface area contributed by atoms with Crippen molar-refractivity contribution in [1.82, 2.24) is 4.90 Å². The van der Waals surface area contributed by atoms with Crippen molar-refractivity contribution < 1.29 is 19.3 Å². The van der Waals surface area contributed by atoms with Crippen LogP contribution in [0.5, 0.6) is 5.75 Å². The molecule has 0 aliphatic rings. The molecule has 0 saturated carbocycles. The van der Waals surface area contributed by atoms with E-state index in [1.807, 2.05) is 54.6 Å². The van der Waals surface area contributed by atoms with Gasteiger partial charge in [-0.05, 0) is 11.6 Å². The maximum atomic E-state index is 10.4. The van der Waals surface area contributed by atoms with Crippen LogP contribution in [-0.4, -0.2) is 56.6 Å². The molecule has 1 N–H and O–H groups in total. The zero-order valence-electron chi connectivity index (χ0n) is 15.6. The average molecular weight is 359 g/mol. The molecule has 0 bridgehead atoms. The molecule has 5 nitrogen and oxygen atoms in total. The minimum atomic E-state index is -0.565. The number of hydrogen-bond donors (Lipinski definition) is 1. The third kappa shape index (κ3) is 7.14. The number of ether oxygens (including phenoxy) is 3. The van der Waals surface area contributed by atoms with E-state index in [4.69, 9.17) is 14.2 Å². The normalized spacial score (nSPS) is 12.3. The summed E-state index contributed by atoms with van der Waals surface area (Å²) in [6, 6.07) is 17.9. The molecule has 0 aliphatic carbocycles. The number of hydrogen-bond acceptors (Lipinski definition) is 5. The fraction of sp³-hybridized carbons (Fsp3) is 0.429. The van der Waals surface area contributed by atoms with Gasteiger partial charge >= 0.3 is 0 Å². The second-order valence-electron chi connectivity index (χ2n) is 6.19. The Labute approximate surface area is 156 Å². The minimum absolute atomic E-state index is 0.296. The van der Waals surface area contributed by atoms with Gasteiger partial charge < -0.3 is 19.3 Å². The van der Waals surface area contributed by atoms with Crippen molar-refractivity contribution in [2.45, 2.75) is 19.3 Å². The van der Waals surface area contributed by atoms with E-state index in [0.717, 1.165) is 23.4 Å². The lowest BCUT2D eigenvalue weighted by atomic mass is 10.1. The molecule has 0 aromatic heterocycles. The van der Waals surface area contributed by atoms with E-state index in [1.165, 1.54) is 0 Å². The summed E-state index contributed by atoms with van der Waals surface area (Å²) in [7, 11) is 3.35. The molecule has 0 amide bonds. The van der Waals surface area contributed by atoms with E-state index in [1.54, 1.807) is 14.2 Å². The van der Waals surface area contributed by atoms with Gasteiger partial charge in [0.05, 0.1) is 33.0 Å². The van der Waals surface area contributed by atoms with Crippen molar-refractivity contribution in [1.29, 1.82) is 0 Å². The van der Waals surface area contributed by atoms with Crippen LogP contribution in [0.4, 0.5) is 0 Å². The predicted octanol–water partition coefficient (Wildman–Crippen LogP) is 2.72. The summed E-state index contributed by atoms with van der Waals surface area (Å²) < 4.78 is 16.3. The van der Waals surface area contributed by atoms with Gasteiger partial charge in [-0.1, -0.05) is 48.5 Å². The molecule has 2 aromatic carbocycles. The number of aliphatic hydroxyl groups is 1. The molecule has 5 heteroatoms. The van der Waals surface area contributed by atoms with E-state index in [-0.39, 0.29) is 0 Å². The summed E-state index contributed by atoms with van der Waals surface area (Å²) in [5.74, 6) is 0.852. The van der Waals surface area contributed by atoms with Gasteiger partial charge in [0.1, 0.15) is 5.75 Å². The Balaban J connectivity index is 1.85. The molecule has 1 atom stereocenters. The summed E-state index contributed by atoms with van der Waals surface area (Å²) in [5.41, 5.74) is 2.19. The van der Waals surface area contributed by atoms with Crippen LogP contribution < -0.4 is 4.74 Å². The molecule has 0 spiro atoms. The molecule has 142 valence electrons. The molecule has 0 fully saturated rings. The van der Waals surface area contributed by atoms with Crippen molar-refractivity contribution in [3.8, 4) is 5.75 Å². The molecule has 0 saturated heterocycles. The first-order valence-corrected chi connectivity index (χ1v) is 8.86. The smallest absolute Gasteiger partial charge is 0.123 e. The molecular weight excluding hydrogens is 330 g/mol. The van der Waals surface area contributed by atoms with Gasteiger partial charge in [0.2, 0.25) is 0 Å². The number of rotatable bonds is 12. The number of nitrogens with zero attached hydrogens (tertiary/aromatic N) is 1. The molecular formula is C21H29NO4. The van der Waals surface area contributed by atoms with E-state index < -0.39 is 6.10 Å². The highest BCUT2D eigenvalue weighted by molar-refractivity contribution is 5.33. The quantitative estimate of drug-likeness (QED) is 0.631. The third-order valence-electron chi connectivity index (χ3n) is 4.09. The van der Waals surface area contributed by atoms with Crippen LogP contribution in [0.25, 0.3) is 0 Å². The van der Waals surface area contributed by atoms with Crippen molar-refractivity contribution in [3.05, 3.63) is 65.7 Å². The largest absolute Gasteiger partial charge is 0.496 e. The van der Waals surface area contributed by atoms with E-state index in [0.29, 0.717) is 32.9 Å². The van der Waals surface area contributed by atoms with Crippen molar-refractivity contribution in [2.24, 2.45) is 0 Å². The maximum Gasteiger partial charge on any atom is 0.123 e. The Bertz CT molecular complexity index is 620. The van der Waals surface area contributed by atoms with E-state index >= 15 is 0 Å². The first-order valence-electron chi connectivity index (χ1n) is 8.86. The van der Waals surface area contributed by atoms with Crippen LogP contribution in [0.3, 0.4) is 0 Å². The summed E-state index contributed by atoms with van der Waals surface area (Å²) in [6.07, 6.45) is -0.565. The SMILES string of the molecule is COCCN(Cc1ccccc1OC)C[C@H](O)COCc1ccccc1. The van der Waals surface area contributed by atoms with E-state index in [2.05, 4.69) is 4.90 Å². The van der Waals surface area contributed by atoms with Crippen molar-refractivity contribution >= 4 is 0 Å². The Morgan fingerprint density at radius 1 is 1.00 bits per heavy atom. The van der Waals surface area contributed by atoms with Gasteiger partial charge in [-0.3, -0.25) is 4.90 Å². The van der Waals surface area contributed by atoms with Crippen molar-refractivity contribution in [2.75, 3.05) is 40.5 Å². The average Bonchev–Trinajstić information content (AvgIpc) is 2.67. The van der Waals surface area contributed by atoms with Crippen LogP contribution in [0.15, 0.2) is 54.6 Å². The number of benzene rings is 2.